The van der Waals surface area contributed by atoms with Gasteiger partial charge >= 0.3 is 0 Å². The van der Waals surface area contributed by atoms with Gasteiger partial charge in [0, 0.05) is 5.56 Å². The van der Waals surface area contributed by atoms with Crippen LogP contribution in [0.3, 0.4) is 0 Å². The van der Waals surface area contributed by atoms with Gasteiger partial charge in [-0.25, -0.2) is 4.90 Å². The molecule has 0 aliphatic carbocycles. The van der Waals surface area contributed by atoms with Crippen molar-refractivity contribution >= 4 is 17.5 Å². The van der Waals surface area contributed by atoms with Crippen molar-refractivity contribution in [1.29, 1.82) is 0 Å². The molecule has 1 saturated heterocycles. The number of rotatable bonds is 5. The topological polar surface area (TPSA) is 113 Å². The first-order valence-corrected chi connectivity index (χ1v) is 9.23. The molecule has 30 heavy (non-hydrogen) atoms. The van der Waals surface area contributed by atoms with Crippen LogP contribution in [-0.4, -0.2) is 46.2 Å². The second kappa shape index (κ2) is 7.07. The Balaban J connectivity index is 1.34. The predicted octanol–water partition coefficient (Wildman–Crippen LogP) is 2.24. The van der Waals surface area contributed by atoms with Crippen LogP contribution < -0.4 is 9.64 Å². The number of imide groups is 1. The number of fused-ring (bicyclic) bond motifs is 1. The predicted molar refractivity (Wildman–Crippen MR) is 103 cm³/mol. The quantitative estimate of drug-likeness (QED) is 0.599. The average Bonchev–Trinajstić information content (AvgIpc) is 3.47. The molecule has 150 valence electrons. The summed E-state index contributed by atoms with van der Waals surface area (Å²) in [5.74, 6) is 0.611. The van der Waals surface area contributed by atoms with Crippen molar-refractivity contribution in [3.63, 3.8) is 0 Å². The number of carbonyl (C=O) groups excluding carboxylic acids is 2. The Morgan fingerprint density at radius 2 is 1.80 bits per heavy atom. The summed E-state index contributed by atoms with van der Waals surface area (Å²) in [5, 5.41) is 13.4. The molecule has 1 aromatic heterocycles. The maximum atomic E-state index is 13.0. The summed E-state index contributed by atoms with van der Waals surface area (Å²) >= 11 is 0. The van der Waals surface area contributed by atoms with E-state index in [0.717, 1.165) is 16.2 Å². The molecule has 0 bridgehead atoms. The minimum Gasteiger partial charge on any atom is -0.497 e. The molecule has 5 rings (SSSR count). The third-order valence-corrected chi connectivity index (χ3v) is 4.99. The standard InChI is InChI=1S/C20H16N6O4/c1-29-14-9-7-12(8-10-14)18-21-15(30-23-18)11-25-17-16(22-24-25)19(27)26(20(17)28)13-5-3-2-4-6-13/h2-10,16-17H,11H2,1H3/t16-,17+/m0/s1. The molecule has 0 saturated carbocycles. The number of nitrogens with zero attached hydrogens (tertiary/aromatic N) is 6. The number of methoxy groups -OCH3 is 1. The van der Waals surface area contributed by atoms with E-state index in [4.69, 9.17) is 9.26 Å². The zero-order valence-electron chi connectivity index (χ0n) is 15.9. The number of ether oxygens (including phenoxy) is 1. The number of benzene rings is 2. The molecule has 10 nitrogen and oxygen atoms in total. The largest absolute Gasteiger partial charge is 0.497 e. The number of aromatic nitrogens is 2. The van der Waals surface area contributed by atoms with E-state index in [0.29, 0.717) is 11.5 Å². The van der Waals surface area contributed by atoms with Gasteiger partial charge < -0.3 is 9.26 Å². The first-order chi connectivity index (χ1) is 14.7. The Labute approximate surface area is 170 Å². The lowest BCUT2D eigenvalue weighted by Crippen LogP contribution is -2.39. The summed E-state index contributed by atoms with van der Waals surface area (Å²) in [6.45, 7) is 0.0650. The van der Waals surface area contributed by atoms with Crippen molar-refractivity contribution < 1.29 is 18.8 Å². The van der Waals surface area contributed by atoms with Gasteiger partial charge in [0.05, 0.1) is 12.8 Å². The van der Waals surface area contributed by atoms with E-state index in [9.17, 15) is 9.59 Å². The van der Waals surface area contributed by atoms with E-state index in [1.165, 1.54) is 5.01 Å². The third kappa shape index (κ3) is 2.89. The minimum absolute atomic E-state index is 0.0650. The smallest absolute Gasteiger partial charge is 0.263 e. The molecule has 10 heteroatoms. The van der Waals surface area contributed by atoms with Crippen LogP contribution in [0.4, 0.5) is 5.69 Å². The van der Waals surface area contributed by atoms with Crippen molar-refractivity contribution in [3.8, 4) is 17.1 Å². The molecule has 2 amide bonds. The van der Waals surface area contributed by atoms with Crippen molar-refractivity contribution in [3.05, 3.63) is 60.5 Å². The van der Waals surface area contributed by atoms with Crippen LogP contribution in [0.1, 0.15) is 5.89 Å². The molecule has 2 aromatic carbocycles. The van der Waals surface area contributed by atoms with Crippen LogP contribution in [0, 0.1) is 0 Å². The Bertz CT molecular complexity index is 1130. The summed E-state index contributed by atoms with van der Waals surface area (Å²) in [6, 6.07) is 14.3. The maximum absolute atomic E-state index is 13.0. The summed E-state index contributed by atoms with van der Waals surface area (Å²) < 4.78 is 10.5. The second-order valence-corrected chi connectivity index (χ2v) is 6.78. The first-order valence-electron chi connectivity index (χ1n) is 9.23. The Morgan fingerprint density at radius 3 is 2.53 bits per heavy atom. The Kier molecular flexibility index (Phi) is 4.24. The fourth-order valence-electron chi connectivity index (χ4n) is 3.50. The van der Waals surface area contributed by atoms with Gasteiger partial charge in [0.2, 0.25) is 11.7 Å². The summed E-state index contributed by atoms with van der Waals surface area (Å²) in [6.07, 6.45) is 0. The molecule has 0 N–H and O–H groups in total. The number of amides is 2. The highest BCUT2D eigenvalue weighted by molar-refractivity contribution is 6.25. The lowest BCUT2D eigenvalue weighted by atomic mass is 10.1. The van der Waals surface area contributed by atoms with E-state index < -0.39 is 18.0 Å². The summed E-state index contributed by atoms with van der Waals surface area (Å²) in [7, 11) is 1.59. The molecule has 2 aliphatic heterocycles. The zero-order chi connectivity index (χ0) is 20.7. The number of carbonyl (C=O) groups is 2. The van der Waals surface area contributed by atoms with Gasteiger partial charge in [-0.1, -0.05) is 28.6 Å². The second-order valence-electron chi connectivity index (χ2n) is 6.78. The van der Waals surface area contributed by atoms with Crippen LogP contribution in [0.15, 0.2) is 69.5 Å². The fourth-order valence-corrected chi connectivity index (χ4v) is 3.50. The highest BCUT2D eigenvalue weighted by Gasteiger charge is 2.55. The van der Waals surface area contributed by atoms with Gasteiger partial charge in [0.1, 0.15) is 12.3 Å². The molecular weight excluding hydrogens is 388 g/mol. The molecule has 0 spiro atoms. The molecule has 2 atom stereocenters. The molecule has 0 unspecified atom stereocenters. The number of hydrogen-bond donors (Lipinski definition) is 0. The monoisotopic (exact) mass is 404 g/mol. The van der Waals surface area contributed by atoms with Crippen molar-refractivity contribution in [2.75, 3.05) is 12.0 Å². The van der Waals surface area contributed by atoms with E-state index in [2.05, 4.69) is 20.5 Å². The fraction of sp³-hybridized carbons (Fsp3) is 0.200. The van der Waals surface area contributed by atoms with E-state index in [1.807, 2.05) is 18.2 Å². The van der Waals surface area contributed by atoms with Crippen LogP contribution in [0.25, 0.3) is 11.4 Å². The van der Waals surface area contributed by atoms with Crippen molar-refractivity contribution in [2.45, 2.75) is 18.6 Å². The SMILES string of the molecule is COc1ccc(-c2noc(CN3N=N[C@@H]4C(=O)N(c5ccccc5)C(=O)[C@@H]43)n2)cc1. The molecule has 1 fully saturated rings. The molecule has 3 heterocycles. The minimum atomic E-state index is -0.873. The molecule has 2 aliphatic rings. The Morgan fingerprint density at radius 1 is 1.03 bits per heavy atom. The molecule has 0 radical (unpaired) electrons. The zero-order valence-corrected chi connectivity index (χ0v) is 15.9. The van der Waals surface area contributed by atoms with Gasteiger partial charge in [-0.3, -0.25) is 14.6 Å². The van der Waals surface area contributed by atoms with E-state index in [-0.39, 0.29) is 18.3 Å². The summed E-state index contributed by atoms with van der Waals surface area (Å²) in [4.78, 5) is 31.2. The van der Waals surface area contributed by atoms with Crippen molar-refractivity contribution in [2.24, 2.45) is 10.3 Å². The van der Waals surface area contributed by atoms with Crippen LogP contribution in [-0.2, 0) is 16.1 Å². The number of para-hydroxylation sites is 1. The van der Waals surface area contributed by atoms with E-state index >= 15 is 0 Å². The molecular formula is C20H16N6O4. The number of hydrogen-bond acceptors (Lipinski definition) is 9. The highest BCUT2D eigenvalue weighted by atomic mass is 16.5. The van der Waals surface area contributed by atoms with Crippen molar-refractivity contribution in [1.82, 2.24) is 15.1 Å². The highest BCUT2D eigenvalue weighted by Crippen LogP contribution is 2.32. The van der Waals surface area contributed by atoms with Gasteiger partial charge in [-0.15, -0.1) is 0 Å². The van der Waals surface area contributed by atoms with Gasteiger partial charge in [-0.2, -0.15) is 10.1 Å². The lowest BCUT2D eigenvalue weighted by Gasteiger charge is -2.19. The van der Waals surface area contributed by atoms with Gasteiger partial charge in [0.15, 0.2) is 12.1 Å². The maximum Gasteiger partial charge on any atom is 0.263 e. The van der Waals surface area contributed by atoms with Gasteiger partial charge in [-0.05, 0) is 36.4 Å². The first kappa shape index (κ1) is 18.0. The average molecular weight is 404 g/mol. The third-order valence-electron chi connectivity index (χ3n) is 4.99. The number of anilines is 1. The lowest BCUT2D eigenvalue weighted by molar-refractivity contribution is -0.123. The van der Waals surface area contributed by atoms with E-state index in [1.54, 1.807) is 43.5 Å². The molecule has 3 aromatic rings. The van der Waals surface area contributed by atoms with Crippen LogP contribution in [0.2, 0.25) is 0 Å². The Hall–Kier alpha value is -4.08. The van der Waals surface area contributed by atoms with Gasteiger partial charge in [0.25, 0.3) is 11.8 Å². The van der Waals surface area contributed by atoms with Crippen LogP contribution >= 0.6 is 0 Å². The normalized spacial score (nSPS) is 20.2. The van der Waals surface area contributed by atoms with Crippen LogP contribution in [0.5, 0.6) is 5.75 Å². The summed E-state index contributed by atoms with van der Waals surface area (Å²) in [5.41, 5.74) is 1.27.